The predicted molar refractivity (Wildman–Crippen MR) is 96.2 cm³/mol. The van der Waals surface area contributed by atoms with Crippen molar-refractivity contribution in [2.75, 3.05) is 0 Å². The Morgan fingerprint density at radius 3 is 2.92 bits per heavy atom. The summed E-state index contributed by atoms with van der Waals surface area (Å²) in [5.74, 6) is 0.309. The zero-order chi connectivity index (χ0) is 19.1. The number of nitrogens with zero attached hydrogens (tertiary/aromatic N) is 4. The molecule has 0 aliphatic carbocycles. The number of nitro groups is 1. The molecule has 1 amide bonds. The lowest BCUT2D eigenvalue weighted by Gasteiger charge is -2.14. The third-order valence-corrected chi connectivity index (χ3v) is 3.74. The van der Waals surface area contributed by atoms with Gasteiger partial charge < -0.3 is 14.9 Å². The first kappa shape index (κ1) is 19.1. The highest BCUT2D eigenvalue weighted by Gasteiger charge is 2.19. The van der Waals surface area contributed by atoms with Crippen molar-refractivity contribution < 1.29 is 14.5 Å². The average molecular weight is 359 g/mol. The van der Waals surface area contributed by atoms with Gasteiger partial charge in [-0.2, -0.15) is 5.10 Å². The molecule has 1 N–H and O–H groups in total. The number of carbonyl (C=O) groups excluding carboxylic acids is 1. The van der Waals surface area contributed by atoms with Crippen LogP contribution in [0.4, 0.5) is 5.82 Å². The van der Waals surface area contributed by atoms with Crippen molar-refractivity contribution in [1.29, 1.82) is 0 Å². The van der Waals surface area contributed by atoms with Crippen LogP contribution in [0.25, 0.3) is 0 Å². The first-order valence-electron chi connectivity index (χ1n) is 8.16. The second-order valence-electron chi connectivity index (χ2n) is 5.67. The molecule has 1 atom stereocenters. The van der Waals surface area contributed by atoms with Gasteiger partial charge >= 0.3 is 5.82 Å². The summed E-state index contributed by atoms with van der Waals surface area (Å²) >= 11 is 0. The number of rotatable bonds is 8. The monoisotopic (exact) mass is 359 g/mol. The zero-order valence-electron chi connectivity index (χ0n) is 14.9. The number of ether oxygens (including phenoxy) is 1. The number of aryl methyl sites for hydroxylation is 1. The Labute approximate surface area is 150 Å². The summed E-state index contributed by atoms with van der Waals surface area (Å²) in [5, 5.41) is 14.8. The van der Waals surface area contributed by atoms with Gasteiger partial charge in [0.15, 0.2) is 12.4 Å². The molecule has 2 rings (SSSR count). The molecule has 0 spiro atoms. The molecule has 1 heterocycles. The molecule has 0 radical (unpaired) electrons. The number of nitrogens with one attached hydrogen (secondary N) is 1. The van der Waals surface area contributed by atoms with E-state index >= 15 is 0 Å². The number of para-hydroxylation sites is 1. The lowest BCUT2D eigenvalue weighted by molar-refractivity contribution is -0.392. The maximum absolute atomic E-state index is 12.0. The van der Waals surface area contributed by atoms with Crippen molar-refractivity contribution in [3.05, 3.63) is 52.0 Å². The molecule has 0 aliphatic rings. The minimum atomic E-state index is -0.584. The molecule has 138 valence electrons. The fraction of sp³-hybridized carbons (Fsp3) is 0.353. The van der Waals surface area contributed by atoms with Crippen molar-refractivity contribution in [3.63, 3.8) is 0 Å². The minimum absolute atomic E-state index is 0.0592. The highest BCUT2D eigenvalue weighted by atomic mass is 16.6. The summed E-state index contributed by atoms with van der Waals surface area (Å²) in [6.07, 6.45) is 3.52. The Hall–Kier alpha value is -3.23. The largest absolute Gasteiger partial charge is 0.490 e. The topological polar surface area (TPSA) is 112 Å². The molecule has 9 heteroatoms. The minimum Gasteiger partial charge on any atom is -0.490 e. The quantitative estimate of drug-likeness (QED) is 0.442. The fourth-order valence-corrected chi connectivity index (χ4v) is 2.14. The van der Waals surface area contributed by atoms with Crippen molar-refractivity contribution >= 4 is 17.9 Å². The summed E-state index contributed by atoms with van der Waals surface area (Å²) < 4.78 is 7.02. The number of amides is 1. The maximum atomic E-state index is 12.0. The van der Waals surface area contributed by atoms with Crippen molar-refractivity contribution in [1.82, 2.24) is 15.0 Å². The van der Waals surface area contributed by atoms with Crippen LogP contribution >= 0.6 is 0 Å². The van der Waals surface area contributed by atoms with Gasteiger partial charge in [0.05, 0.1) is 12.3 Å². The third-order valence-electron chi connectivity index (χ3n) is 3.74. The van der Waals surface area contributed by atoms with E-state index in [4.69, 9.17) is 4.74 Å². The van der Waals surface area contributed by atoms with Crippen LogP contribution in [0, 0.1) is 17.0 Å². The Morgan fingerprint density at radius 2 is 2.23 bits per heavy atom. The molecule has 0 fully saturated rings. The van der Waals surface area contributed by atoms with Gasteiger partial charge in [-0.1, -0.05) is 19.1 Å². The van der Waals surface area contributed by atoms with Crippen LogP contribution in [0.2, 0.25) is 0 Å². The third kappa shape index (κ3) is 4.88. The van der Waals surface area contributed by atoms with Gasteiger partial charge in [-0.05, 0) is 30.4 Å². The number of hydrogen-bond donors (Lipinski definition) is 1. The van der Waals surface area contributed by atoms with Gasteiger partial charge in [0.1, 0.15) is 11.9 Å². The van der Waals surface area contributed by atoms with Gasteiger partial charge in [-0.15, -0.1) is 0 Å². The lowest BCUT2D eigenvalue weighted by Crippen LogP contribution is -2.24. The molecule has 0 bridgehead atoms. The first-order valence-corrected chi connectivity index (χ1v) is 8.16. The van der Waals surface area contributed by atoms with Crippen molar-refractivity contribution in [2.24, 2.45) is 5.10 Å². The molecule has 0 saturated carbocycles. The summed E-state index contributed by atoms with van der Waals surface area (Å²) in [7, 11) is 0. The lowest BCUT2D eigenvalue weighted by atomic mass is 10.2. The molecule has 26 heavy (non-hydrogen) atoms. The molecule has 0 unspecified atom stereocenters. The van der Waals surface area contributed by atoms with Gasteiger partial charge in [0.25, 0.3) is 5.91 Å². The highest BCUT2D eigenvalue weighted by Crippen LogP contribution is 2.18. The highest BCUT2D eigenvalue weighted by molar-refractivity contribution is 5.85. The van der Waals surface area contributed by atoms with Gasteiger partial charge in [-0.3, -0.25) is 4.79 Å². The van der Waals surface area contributed by atoms with E-state index in [0.29, 0.717) is 11.6 Å². The summed E-state index contributed by atoms with van der Waals surface area (Å²) in [6, 6.07) is 7.34. The van der Waals surface area contributed by atoms with E-state index in [2.05, 4.69) is 15.5 Å². The Kier molecular flexibility index (Phi) is 6.42. The zero-order valence-corrected chi connectivity index (χ0v) is 14.9. The molecular formula is C17H21N5O4. The fourth-order valence-electron chi connectivity index (χ4n) is 2.14. The number of carbonyl (C=O) groups is 1. The van der Waals surface area contributed by atoms with E-state index in [9.17, 15) is 14.9 Å². The molecule has 1 aromatic carbocycles. The molecule has 9 nitrogen and oxygen atoms in total. The molecule has 0 saturated heterocycles. The van der Waals surface area contributed by atoms with Crippen LogP contribution < -0.4 is 10.2 Å². The molecule has 2 aromatic rings. The Morgan fingerprint density at radius 1 is 1.50 bits per heavy atom. The van der Waals surface area contributed by atoms with Crippen LogP contribution in [0.15, 0.2) is 35.6 Å². The molecule has 1 aromatic heterocycles. The number of imidazole rings is 1. The van der Waals surface area contributed by atoms with Crippen LogP contribution in [-0.4, -0.2) is 32.7 Å². The summed E-state index contributed by atoms with van der Waals surface area (Å²) in [6.45, 7) is 5.34. The predicted octanol–water partition coefficient (Wildman–Crippen LogP) is 2.43. The Balaban J connectivity index is 2.02. The SMILES string of the molecule is CC[C@@H](C)Oc1ccccc1/C=N\NC(=O)Cn1c([N+](=O)[O-])cnc1C. The van der Waals surface area contributed by atoms with Crippen LogP contribution in [0.3, 0.4) is 0 Å². The number of hydrogen-bond acceptors (Lipinski definition) is 6. The van der Waals surface area contributed by atoms with Crippen LogP contribution in [-0.2, 0) is 11.3 Å². The van der Waals surface area contributed by atoms with E-state index in [1.165, 1.54) is 10.8 Å². The first-order chi connectivity index (χ1) is 12.4. The van der Waals surface area contributed by atoms with E-state index in [0.717, 1.165) is 18.2 Å². The maximum Gasteiger partial charge on any atom is 0.343 e. The van der Waals surface area contributed by atoms with E-state index in [1.54, 1.807) is 6.92 Å². The van der Waals surface area contributed by atoms with Gasteiger partial charge in [0, 0.05) is 12.5 Å². The number of benzene rings is 1. The standard InChI is InChI=1S/C17H21N5O4/c1-4-12(2)26-15-8-6-5-7-14(15)9-19-20-16(23)11-21-13(3)18-10-17(21)22(24)25/h5-10,12H,4,11H2,1-3H3,(H,20,23)/b19-9-/t12-/m1/s1. The number of hydrazone groups is 1. The van der Waals surface area contributed by atoms with Gasteiger partial charge in [0.2, 0.25) is 0 Å². The second kappa shape index (κ2) is 8.75. The van der Waals surface area contributed by atoms with Gasteiger partial charge in [-0.25, -0.2) is 15.0 Å². The van der Waals surface area contributed by atoms with Crippen LogP contribution in [0.5, 0.6) is 5.75 Å². The second-order valence-corrected chi connectivity index (χ2v) is 5.67. The van der Waals surface area contributed by atoms with Crippen LogP contribution in [0.1, 0.15) is 31.7 Å². The molecular weight excluding hydrogens is 338 g/mol. The summed E-state index contributed by atoms with van der Waals surface area (Å²) in [5.41, 5.74) is 3.08. The van der Waals surface area contributed by atoms with E-state index in [1.807, 2.05) is 38.1 Å². The average Bonchev–Trinajstić information content (AvgIpc) is 2.97. The van der Waals surface area contributed by atoms with Crippen molar-refractivity contribution in [3.8, 4) is 5.75 Å². The Bertz CT molecular complexity index is 815. The summed E-state index contributed by atoms with van der Waals surface area (Å²) in [4.78, 5) is 26.2. The smallest absolute Gasteiger partial charge is 0.343 e. The van der Waals surface area contributed by atoms with E-state index in [-0.39, 0.29) is 18.5 Å². The van der Waals surface area contributed by atoms with E-state index < -0.39 is 10.8 Å². The molecule has 0 aliphatic heterocycles. The number of aromatic nitrogens is 2. The van der Waals surface area contributed by atoms with Crippen molar-refractivity contribution in [2.45, 2.75) is 39.8 Å². The normalized spacial score (nSPS) is 12.1.